The van der Waals surface area contributed by atoms with E-state index in [0.29, 0.717) is 5.71 Å². The van der Waals surface area contributed by atoms with E-state index in [0.717, 1.165) is 29.9 Å². The maximum Gasteiger partial charge on any atom is 0.132 e. The highest BCUT2D eigenvalue weighted by molar-refractivity contribution is 6.00. The van der Waals surface area contributed by atoms with Gasteiger partial charge in [-0.1, -0.05) is 5.16 Å². The lowest BCUT2D eigenvalue weighted by molar-refractivity contribution is 0.208. The third kappa shape index (κ3) is 2.75. The molecule has 4 nitrogen and oxygen atoms in total. The highest BCUT2D eigenvalue weighted by atomic mass is 16.5. The molecule has 18 heavy (non-hydrogen) atoms. The van der Waals surface area contributed by atoms with E-state index in [1.165, 1.54) is 12.8 Å². The lowest BCUT2D eigenvalue weighted by Crippen LogP contribution is -2.13. The van der Waals surface area contributed by atoms with Crippen LogP contribution in [0.25, 0.3) is 0 Å². The van der Waals surface area contributed by atoms with Gasteiger partial charge in [0.25, 0.3) is 0 Å². The van der Waals surface area contributed by atoms with E-state index in [1.807, 2.05) is 18.2 Å². The standard InChI is InChI=1S/C14H19NO3/c1-10(15-16)13-8-7-12(17-2)9-14(13)18-11-5-3-4-6-11/h7-9,11,16H,3-6H2,1-2H3. The number of ether oxygens (including phenoxy) is 2. The van der Waals surface area contributed by atoms with Crippen molar-refractivity contribution in [2.45, 2.75) is 38.7 Å². The van der Waals surface area contributed by atoms with Gasteiger partial charge in [-0.25, -0.2) is 0 Å². The van der Waals surface area contributed by atoms with Gasteiger partial charge in [-0.05, 0) is 44.7 Å². The van der Waals surface area contributed by atoms with Crippen molar-refractivity contribution in [1.82, 2.24) is 0 Å². The molecule has 0 unspecified atom stereocenters. The number of methoxy groups -OCH3 is 1. The summed E-state index contributed by atoms with van der Waals surface area (Å²) in [6.07, 6.45) is 4.88. The smallest absolute Gasteiger partial charge is 0.132 e. The first-order valence-electron chi connectivity index (χ1n) is 6.28. The maximum absolute atomic E-state index is 8.90. The number of oxime groups is 1. The van der Waals surface area contributed by atoms with E-state index in [9.17, 15) is 0 Å². The van der Waals surface area contributed by atoms with Gasteiger partial charge in [-0.15, -0.1) is 0 Å². The molecule has 0 aliphatic heterocycles. The van der Waals surface area contributed by atoms with Gasteiger partial charge < -0.3 is 14.7 Å². The Bertz CT molecular complexity index is 437. The molecule has 98 valence electrons. The van der Waals surface area contributed by atoms with Crippen LogP contribution in [0.1, 0.15) is 38.2 Å². The SMILES string of the molecule is COc1ccc(C(C)=NO)c(OC2CCCC2)c1. The van der Waals surface area contributed by atoms with Crippen LogP contribution in [0.3, 0.4) is 0 Å². The number of rotatable bonds is 4. The van der Waals surface area contributed by atoms with Gasteiger partial charge in [-0.2, -0.15) is 0 Å². The fourth-order valence-corrected chi connectivity index (χ4v) is 2.27. The molecular formula is C14H19NO3. The van der Waals surface area contributed by atoms with Crippen LogP contribution in [0.4, 0.5) is 0 Å². The summed E-state index contributed by atoms with van der Waals surface area (Å²) in [7, 11) is 1.63. The van der Waals surface area contributed by atoms with Gasteiger partial charge in [0.05, 0.1) is 18.9 Å². The highest BCUT2D eigenvalue weighted by Gasteiger charge is 2.19. The fraction of sp³-hybridized carbons (Fsp3) is 0.500. The lowest BCUT2D eigenvalue weighted by Gasteiger charge is -2.17. The molecule has 1 aliphatic carbocycles. The van der Waals surface area contributed by atoms with Gasteiger partial charge in [0.1, 0.15) is 11.5 Å². The van der Waals surface area contributed by atoms with Gasteiger partial charge >= 0.3 is 0 Å². The Morgan fingerprint density at radius 1 is 1.33 bits per heavy atom. The highest BCUT2D eigenvalue weighted by Crippen LogP contribution is 2.30. The Kier molecular flexibility index (Phi) is 4.07. The molecule has 0 saturated heterocycles. The van der Waals surface area contributed by atoms with Crippen molar-refractivity contribution >= 4 is 5.71 Å². The number of nitrogens with zero attached hydrogens (tertiary/aromatic N) is 1. The average molecular weight is 249 g/mol. The second-order valence-electron chi connectivity index (χ2n) is 4.57. The second-order valence-corrected chi connectivity index (χ2v) is 4.57. The minimum atomic E-state index is 0.266. The van der Waals surface area contributed by atoms with Gasteiger partial charge in [-0.3, -0.25) is 0 Å². The van der Waals surface area contributed by atoms with E-state index in [2.05, 4.69) is 5.16 Å². The molecular weight excluding hydrogens is 230 g/mol. The van der Waals surface area contributed by atoms with Crippen molar-refractivity contribution in [3.63, 3.8) is 0 Å². The molecule has 0 aromatic heterocycles. The number of benzene rings is 1. The molecule has 1 N–H and O–H groups in total. The largest absolute Gasteiger partial charge is 0.497 e. The van der Waals surface area contributed by atoms with Crippen LogP contribution in [0, 0.1) is 0 Å². The predicted octanol–water partition coefficient (Wildman–Crippen LogP) is 3.21. The Balaban J connectivity index is 2.28. The molecule has 0 heterocycles. The van der Waals surface area contributed by atoms with Crippen LogP contribution in [-0.4, -0.2) is 24.1 Å². The first kappa shape index (κ1) is 12.7. The van der Waals surface area contributed by atoms with Crippen molar-refractivity contribution in [1.29, 1.82) is 0 Å². The van der Waals surface area contributed by atoms with Crippen LogP contribution in [0.5, 0.6) is 11.5 Å². The summed E-state index contributed by atoms with van der Waals surface area (Å²) in [6.45, 7) is 1.75. The van der Waals surface area contributed by atoms with E-state index >= 15 is 0 Å². The Hall–Kier alpha value is -1.71. The monoisotopic (exact) mass is 249 g/mol. The Labute approximate surface area is 107 Å². The minimum Gasteiger partial charge on any atom is -0.497 e. The fourth-order valence-electron chi connectivity index (χ4n) is 2.27. The summed E-state index contributed by atoms with van der Waals surface area (Å²) in [5.41, 5.74) is 1.36. The minimum absolute atomic E-state index is 0.266. The van der Waals surface area contributed by atoms with Crippen LogP contribution in [-0.2, 0) is 0 Å². The first-order valence-corrected chi connectivity index (χ1v) is 6.28. The van der Waals surface area contributed by atoms with Crippen LogP contribution in [0.2, 0.25) is 0 Å². The molecule has 0 amide bonds. The van der Waals surface area contributed by atoms with E-state index in [4.69, 9.17) is 14.7 Å². The molecule has 1 saturated carbocycles. The van der Waals surface area contributed by atoms with E-state index < -0.39 is 0 Å². The third-order valence-electron chi connectivity index (χ3n) is 3.32. The molecule has 0 spiro atoms. The van der Waals surface area contributed by atoms with Gasteiger partial charge in [0.2, 0.25) is 0 Å². The molecule has 0 atom stereocenters. The zero-order valence-electron chi connectivity index (χ0n) is 10.8. The predicted molar refractivity (Wildman–Crippen MR) is 69.9 cm³/mol. The number of hydrogen-bond acceptors (Lipinski definition) is 4. The summed E-state index contributed by atoms with van der Waals surface area (Å²) in [6, 6.07) is 5.55. The molecule has 1 aromatic carbocycles. The Morgan fingerprint density at radius 2 is 2.06 bits per heavy atom. The van der Waals surface area contributed by atoms with Crippen molar-refractivity contribution in [2.24, 2.45) is 5.16 Å². The van der Waals surface area contributed by atoms with Crippen molar-refractivity contribution in [2.75, 3.05) is 7.11 Å². The zero-order valence-corrected chi connectivity index (χ0v) is 10.8. The summed E-state index contributed by atoms with van der Waals surface area (Å²) in [5.74, 6) is 1.48. The quantitative estimate of drug-likeness (QED) is 0.506. The van der Waals surface area contributed by atoms with Crippen molar-refractivity contribution in [3.8, 4) is 11.5 Å². The summed E-state index contributed by atoms with van der Waals surface area (Å²) in [5, 5.41) is 12.1. The van der Waals surface area contributed by atoms with Crippen LogP contribution >= 0.6 is 0 Å². The van der Waals surface area contributed by atoms with E-state index in [1.54, 1.807) is 14.0 Å². The normalized spacial score (nSPS) is 16.9. The molecule has 1 aromatic rings. The molecule has 4 heteroatoms. The van der Waals surface area contributed by atoms with Crippen LogP contribution < -0.4 is 9.47 Å². The third-order valence-corrected chi connectivity index (χ3v) is 3.32. The maximum atomic E-state index is 8.90. The molecule has 1 fully saturated rings. The summed E-state index contributed by atoms with van der Waals surface area (Å²) >= 11 is 0. The first-order chi connectivity index (χ1) is 8.74. The Morgan fingerprint density at radius 3 is 2.67 bits per heavy atom. The average Bonchev–Trinajstić information content (AvgIpc) is 2.90. The van der Waals surface area contributed by atoms with Crippen molar-refractivity contribution in [3.05, 3.63) is 23.8 Å². The summed E-state index contributed by atoms with van der Waals surface area (Å²) < 4.78 is 11.2. The zero-order chi connectivity index (χ0) is 13.0. The van der Waals surface area contributed by atoms with E-state index in [-0.39, 0.29) is 6.10 Å². The molecule has 0 radical (unpaired) electrons. The number of hydrogen-bond donors (Lipinski definition) is 1. The molecule has 0 bridgehead atoms. The van der Waals surface area contributed by atoms with Crippen LogP contribution in [0.15, 0.2) is 23.4 Å². The topological polar surface area (TPSA) is 51.0 Å². The lowest BCUT2D eigenvalue weighted by atomic mass is 10.1. The molecule has 1 aliphatic rings. The van der Waals surface area contributed by atoms with Crippen molar-refractivity contribution < 1.29 is 14.7 Å². The summed E-state index contributed by atoms with van der Waals surface area (Å²) in [4.78, 5) is 0. The van der Waals surface area contributed by atoms with Gasteiger partial charge in [0, 0.05) is 11.6 Å². The molecule has 2 rings (SSSR count). The second kappa shape index (κ2) is 5.76. The van der Waals surface area contributed by atoms with Gasteiger partial charge in [0.15, 0.2) is 0 Å².